The normalized spacial score (nSPS) is 19.1. The van der Waals surface area contributed by atoms with Crippen LogP contribution in [0.15, 0.2) is 18.2 Å². The largest absolute Gasteiger partial charge is 0.397 e. The van der Waals surface area contributed by atoms with E-state index in [2.05, 4.69) is 0 Å². The van der Waals surface area contributed by atoms with Gasteiger partial charge in [0.05, 0.1) is 28.8 Å². The summed E-state index contributed by atoms with van der Waals surface area (Å²) in [5.41, 5.74) is 6.76. The summed E-state index contributed by atoms with van der Waals surface area (Å²) in [6.07, 6.45) is -0.0562. The molecule has 1 aliphatic heterocycles. The van der Waals surface area contributed by atoms with Gasteiger partial charge >= 0.3 is 10.2 Å². The molecule has 1 aromatic rings. The summed E-state index contributed by atoms with van der Waals surface area (Å²) in [7, 11) is -4.62. The van der Waals surface area contributed by atoms with E-state index in [0.29, 0.717) is 16.9 Å². The molecule has 1 heterocycles. The smallest absolute Gasteiger partial charge is 0.302 e. The maximum atomic E-state index is 12.7. The van der Waals surface area contributed by atoms with Crippen LogP contribution >= 0.6 is 0 Å². The summed E-state index contributed by atoms with van der Waals surface area (Å²) in [5.74, 6) is -1.63. The molecule has 1 unspecified atom stereocenters. The highest BCUT2D eigenvalue weighted by Crippen LogP contribution is 2.31. The predicted molar refractivity (Wildman–Crippen MR) is 70.9 cm³/mol. The van der Waals surface area contributed by atoms with Gasteiger partial charge in [0, 0.05) is 18.9 Å². The molecule has 0 bridgehead atoms. The predicted octanol–water partition coefficient (Wildman–Crippen LogP) is 0.793. The fourth-order valence-electron chi connectivity index (χ4n) is 2.25. The van der Waals surface area contributed by atoms with Crippen molar-refractivity contribution in [2.75, 3.05) is 22.9 Å². The van der Waals surface area contributed by atoms with Crippen LogP contribution in [0.3, 0.4) is 0 Å². The highest BCUT2D eigenvalue weighted by atomic mass is 32.3. The summed E-state index contributed by atoms with van der Waals surface area (Å²) in [4.78, 5) is 13.2. The highest BCUT2D eigenvalue weighted by Gasteiger charge is 2.34. The summed E-state index contributed by atoms with van der Waals surface area (Å²) in [6.45, 7) is 0.0705. The van der Waals surface area contributed by atoms with Crippen molar-refractivity contribution in [3.63, 3.8) is 0 Å². The maximum absolute atomic E-state index is 12.7. The monoisotopic (exact) mass is 297 g/mol. The molecule has 6 nitrogen and oxygen atoms in total. The van der Waals surface area contributed by atoms with Gasteiger partial charge in [0.2, 0.25) is 5.91 Å². The molecule has 0 radical (unpaired) electrons. The lowest BCUT2D eigenvalue weighted by Crippen LogP contribution is -2.26. The molecule has 106 valence electrons. The van der Waals surface area contributed by atoms with Crippen LogP contribution in [0.1, 0.15) is 12.0 Å². The van der Waals surface area contributed by atoms with Crippen LogP contribution in [-0.2, 0) is 15.0 Å². The Labute approximate surface area is 115 Å². The summed E-state index contributed by atoms with van der Waals surface area (Å²) in [6, 6.07) is 6.41. The second kappa shape index (κ2) is 5.09. The minimum Gasteiger partial charge on any atom is -0.397 e. The standard InChI is InChI=1S/C12H12FN3O3S/c13-20(18,19)7-9-4-12(17)16(6-9)11-3-8(5-14)1-2-10(11)15/h1-3,9H,4,6-7,15H2. The van der Waals surface area contributed by atoms with Crippen molar-refractivity contribution in [1.82, 2.24) is 0 Å². The first-order valence-corrected chi connectivity index (χ1v) is 7.38. The lowest BCUT2D eigenvalue weighted by Gasteiger charge is -2.18. The summed E-state index contributed by atoms with van der Waals surface area (Å²) < 4.78 is 34.0. The third-order valence-electron chi connectivity index (χ3n) is 3.09. The zero-order valence-electron chi connectivity index (χ0n) is 10.4. The molecule has 2 rings (SSSR count). The third kappa shape index (κ3) is 3.05. The number of benzene rings is 1. The number of carbonyl (C=O) groups excluding carboxylic acids is 1. The minimum atomic E-state index is -4.62. The second-order valence-electron chi connectivity index (χ2n) is 4.67. The van der Waals surface area contributed by atoms with E-state index >= 15 is 0 Å². The van der Waals surface area contributed by atoms with Crippen molar-refractivity contribution in [2.24, 2.45) is 5.92 Å². The molecule has 1 atom stereocenters. The molecule has 1 fully saturated rings. The zero-order valence-corrected chi connectivity index (χ0v) is 11.2. The number of nitrogens with zero attached hydrogens (tertiary/aromatic N) is 2. The van der Waals surface area contributed by atoms with Crippen LogP contribution < -0.4 is 10.6 Å². The minimum absolute atomic E-state index is 0.0562. The van der Waals surface area contributed by atoms with E-state index in [0.717, 1.165) is 0 Å². The molecule has 1 amide bonds. The van der Waals surface area contributed by atoms with Crippen molar-refractivity contribution in [1.29, 1.82) is 5.26 Å². The number of hydrogen-bond donors (Lipinski definition) is 1. The van der Waals surface area contributed by atoms with E-state index in [1.165, 1.54) is 23.1 Å². The fourth-order valence-corrected chi connectivity index (χ4v) is 3.04. The van der Waals surface area contributed by atoms with Crippen molar-refractivity contribution in [2.45, 2.75) is 6.42 Å². The van der Waals surface area contributed by atoms with Gasteiger partial charge in [0.1, 0.15) is 0 Å². The van der Waals surface area contributed by atoms with Gasteiger partial charge in [-0.25, -0.2) is 0 Å². The van der Waals surface area contributed by atoms with E-state index in [-0.39, 0.29) is 18.9 Å². The molecular formula is C12H12FN3O3S. The van der Waals surface area contributed by atoms with Crippen molar-refractivity contribution in [3.8, 4) is 6.07 Å². The molecule has 20 heavy (non-hydrogen) atoms. The van der Waals surface area contributed by atoms with Gasteiger partial charge in [-0.2, -0.15) is 13.7 Å². The van der Waals surface area contributed by atoms with Crippen LogP contribution in [0.5, 0.6) is 0 Å². The van der Waals surface area contributed by atoms with E-state index in [1.807, 2.05) is 6.07 Å². The third-order valence-corrected chi connectivity index (χ3v) is 3.96. The van der Waals surface area contributed by atoms with Gasteiger partial charge in [-0.05, 0) is 18.2 Å². The first-order valence-electron chi connectivity index (χ1n) is 5.82. The van der Waals surface area contributed by atoms with Crippen molar-refractivity contribution >= 4 is 27.5 Å². The number of carbonyl (C=O) groups is 1. The van der Waals surface area contributed by atoms with E-state index < -0.39 is 21.9 Å². The number of amides is 1. The number of rotatable bonds is 3. The van der Waals surface area contributed by atoms with E-state index in [9.17, 15) is 17.1 Å². The van der Waals surface area contributed by atoms with Crippen LogP contribution in [-0.4, -0.2) is 26.6 Å². The number of halogens is 1. The molecule has 8 heteroatoms. The van der Waals surface area contributed by atoms with Crippen molar-refractivity contribution < 1.29 is 17.1 Å². The Morgan fingerprint density at radius 1 is 1.50 bits per heavy atom. The lowest BCUT2D eigenvalue weighted by molar-refractivity contribution is -0.117. The summed E-state index contributed by atoms with van der Waals surface area (Å²) in [5, 5.41) is 8.84. The zero-order chi connectivity index (χ0) is 14.9. The Hall–Kier alpha value is -2.14. The van der Waals surface area contributed by atoms with Gasteiger partial charge < -0.3 is 10.6 Å². The Morgan fingerprint density at radius 2 is 2.20 bits per heavy atom. The van der Waals surface area contributed by atoms with Crippen LogP contribution in [0.4, 0.5) is 15.3 Å². The van der Waals surface area contributed by atoms with Gasteiger partial charge in [-0.15, -0.1) is 3.89 Å². The number of hydrogen-bond acceptors (Lipinski definition) is 5. The first kappa shape index (κ1) is 14.3. The average molecular weight is 297 g/mol. The second-order valence-corrected chi connectivity index (χ2v) is 6.08. The molecule has 2 N–H and O–H groups in total. The molecule has 0 aromatic heterocycles. The Bertz CT molecular complexity index is 696. The Balaban J connectivity index is 2.26. The molecular weight excluding hydrogens is 285 g/mol. The van der Waals surface area contributed by atoms with Gasteiger partial charge in [0.15, 0.2) is 0 Å². The summed E-state index contributed by atoms with van der Waals surface area (Å²) >= 11 is 0. The first-order chi connectivity index (χ1) is 9.30. The van der Waals surface area contributed by atoms with E-state index in [4.69, 9.17) is 11.0 Å². The highest BCUT2D eigenvalue weighted by molar-refractivity contribution is 7.86. The number of nitrogen functional groups attached to an aromatic ring is 1. The molecule has 0 spiro atoms. The maximum Gasteiger partial charge on any atom is 0.302 e. The van der Waals surface area contributed by atoms with E-state index in [1.54, 1.807) is 0 Å². The van der Waals surface area contributed by atoms with Gasteiger partial charge in [0.25, 0.3) is 0 Å². The van der Waals surface area contributed by atoms with Gasteiger partial charge in [-0.3, -0.25) is 4.79 Å². The van der Waals surface area contributed by atoms with Crippen LogP contribution in [0.25, 0.3) is 0 Å². The molecule has 0 saturated carbocycles. The molecule has 0 aliphatic carbocycles. The topological polar surface area (TPSA) is 104 Å². The number of nitriles is 1. The number of nitrogens with two attached hydrogens (primary N) is 1. The Kier molecular flexibility index (Phi) is 3.63. The number of anilines is 2. The SMILES string of the molecule is N#Cc1ccc(N)c(N2CC(CS(=O)(=O)F)CC2=O)c1. The van der Waals surface area contributed by atoms with Gasteiger partial charge in [-0.1, -0.05) is 0 Å². The molecule has 1 aliphatic rings. The molecule has 1 aromatic carbocycles. The van der Waals surface area contributed by atoms with Crippen LogP contribution in [0.2, 0.25) is 0 Å². The van der Waals surface area contributed by atoms with Crippen molar-refractivity contribution in [3.05, 3.63) is 23.8 Å². The Morgan fingerprint density at radius 3 is 2.80 bits per heavy atom. The average Bonchev–Trinajstić information content (AvgIpc) is 2.68. The quantitative estimate of drug-likeness (QED) is 0.656. The lowest BCUT2D eigenvalue weighted by atomic mass is 10.1. The van der Waals surface area contributed by atoms with Crippen LogP contribution in [0, 0.1) is 17.2 Å². The molecule has 1 saturated heterocycles. The fraction of sp³-hybridized carbons (Fsp3) is 0.333.